The van der Waals surface area contributed by atoms with E-state index < -0.39 is 23.7 Å². The highest BCUT2D eigenvalue weighted by Gasteiger charge is 2.26. The van der Waals surface area contributed by atoms with Crippen LogP contribution in [0.2, 0.25) is 0 Å². The zero-order valence-electron chi connectivity index (χ0n) is 26.3. The summed E-state index contributed by atoms with van der Waals surface area (Å²) in [6.07, 6.45) is 5.82. The summed E-state index contributed by atoms with van der Waals surface area (Å²) in [6.45, 7) is 5.84. The average molecular weight is 629 g/mol. The lowest BCUT2D eigenvalue weighted by atomic mass is 10.1. The summed E-state index contributed by atoms with van der Waals surface area (Å²) < 4.78 is 16.9. The van der Waals surface area contributed by atoms with Crippen LogP contribution in [0.1, 0.15) is 52.0 Å². The Bertz CT molecular complexity index is 1520. The van der Waals surface area contributed by atoms with Gasteiger partial charge in [-0.15, -0.1) is 0 Å². The number of carbonyl (C=O) groups is 2. The van der Waals surface area contributed by atoms with Crippen LogP contribution < -0.4 is 10.1 Å². The molecule has 1 unspecified atom stereocenters. The topological polar surface area (TPSA) is 153 Å². The molecule has 11 heteroatoms. The van der Waals surface area contributed by atoms with E-state index in [-0.39, 0.29) is 24.5 Å². The molecule has 0 aliphatic rings. The summed E-state index contributed by atoms with van der Waals surface area (Å²) in [7, 11) is 0. The van der Waals surface area contributed by atoms with Crippen LogP contribution in [0.15, 0.2) is 79.1 Å². The molecular formula is C35H40N4O7. The van der Waals surface area contributed by atoms with Gasteiger partial charge in [-0.1, -0.05) is 18.2 Å². The maximum Gasteiger partial charge on any atom is 0.408 e. The third-order valence-electron chi connectivity index (χ3n) is 6.66. The fourth-order valence-corrected chi connectivity index (χ4v) is 4.48. The van der Waals surface area contributed by atoms with Gasteiger partial charge in [0.2, 0.25) is 0 Å². The van der Waals surface area contributed by atoms with Crippen molar-refractivity contribution in [3.05, 3.63) is 84.7 Å². The summed E-state index contributed by atoms with van der Waals surface area (Å²) in [4.78, 5) is 38.9. The molecule has 46 heavy (non-hydrogen) atoms. The van der Waals surface area contributed by atoms with E-state index in [1.807, 2.05) is 48.5 Å². The zero-order valence-corrected chi connectivity index (χ0v) is 26.3. The molecule has 242 valence electrons. The van der Waals surface area contributed by atoms with Gasteiger partial charge in [0.1, 0.15) is 17.4 Å². The summed E-state index contributed by atoms with van der Waals surface area (Å²) in [5.41, 5.74) is 2.65. The van der Waals surface area contributed by atoms with E-state index in [1.54, 1.807) is 39.2 Å². The molecule has 4 rings (SSSR count). The van der Waals surface area contributed by atoms with Crippen molar-refractivity contribution in [1.29, 1.82) is 0 Å². The van der Waals surface area contributed by atoms with Crippen LogP contribution in [0.3, 0.4) is 0 Å². The van der Waals surface area contributed by atoms with Crippen molar-refractivity contribution >= 4 is 12.1 Å². The number of aromatic hydroxyl groups is 2. The number of phenols is 2. The van der Waals surface area contributed by atoms with Crippen LogP contribution >= 0.6 is 0 Å². The van der Waals surface area contributed by atoms with Crippen LogP contribution in [-0.2, 0) is 20.7 Å². The number of unbranched alkanes of at least 4 members (excludes halogenated alkanes) is 3. The van der Waals surface area contributed by atoms with E-state index >= 15 is 0 Å². The summed E-state index contributed by atoms with van der Waals surface area (Å²) in [5, 5.41) is 22.0. The normalized spacial score (nSPS) is 11.8. The molecule has 0 aliphatic carbocycles. The first-order valence-electron chi connectivity index (χ1n) is 15.2. The molecule has 3 aromatic heterocycles. The number of ether oxygens (including phenoxy) is 3. The molecule has 0 aliphatic heterocycles. The molecule has 0 radical (unpaired) electrons. The van der Waals surface area contributed by atoms with E-state index in [9.17, 15) is 19.8 Å². The van der Waals surface area contributed by atoms with Crippen molar-refractivity contribution in [2.24, 2.45) is 0 Å². The molecule has 0 saturated carbocycles. The van der Waals surface area contributed by atoms with Gasteiger partial charge in [-0.25, -0.2) is 14.6 Å². The fourth-order valence-electron chi connectivity index (χ4n) is 4.48. The Kier molecular flexibility index (Phi) is 11.9. The third-order valence-corrected chi connectivity index (χ3v) is 6.66. The number of pyridine rings is 3. The average Bonchev–Trinajstić information content (AvgIpc) is 3.03. The lowest BCUT2D eigenvalue weighted by Crippen LogP contribution is -2.45. The highest BCUT2D eigenvalue weighted by molar-refractivity contribution is 5.81. The van der Waals surface area contributed by atoms with E-state index in [2.05, 4.69) is 15.3 Å². The maximum atomic E-state index is 12.9. The molecule has 0 saturated heterocycles. The van der Waals surface area contributed by atoms with E-state index in [4.69, 9.17) is 19.2 Å². The van der Waals surface area contributed by atoms with Gasteiger partial charge in [0.15, 0.2) is 11.5 Å². The first kappa shape index (κ1) is 33.7. The highest BCUT2D eigenvalue weighted by Crippen LogP contribution is 2.27. The summed E-state index contributed by atoms with van der Waals surface area (Å²) >= 11 is 0. The molecule has 0 spiro atoms. The fraction of sp³-hybridized carbons (Fsp3) is 0.343. The van der Waals surface area contributed by atoms with Crippen molar-refractivity contribution in [2.75, 3.05) is 13.2 Å². The first-order chi connectivity index (χ1) is 22.1. The number of rotatable bonds is 14. The van der Waals surface area contributed by atoms with Crippen molar-refractivity contribution < 1.29 is 34.0 Å². The van der Waals surface area contributed by atoms with Crippen LogP contribution in [0.4, 0.5) is 4.79 Å². The molecule has 3 heterocycles. The largest absolute Gasteiger partial charge is 0.504 e. The van der Waals surface area contributed by atoms with Gasteiger partial charge in [0, 0.05) is 30.9 Å². The Morgan fingerprint density at radius 3 is 1.98 bits per heavy atom. The summed E-state index contributed by atoms with van der Waals surface area (Å²) in [5.74, 6) is -0.544. The summed E-state index contributed by atoms with van der Waals surface area (Å²) in [6, 6.07) is 18.2. The number of aromatic nitrogens is 3. The maximum absolute atomic E-state index is 12.9. The van der Waals surface area contributed by atoms with E-state index in [0.29, 0.717) is 35.7 Å². The van der Waals surface area contributed by atoms with Crippen molar-refractivity contribution in [1.82, 2.24) is 20.3 Å². The third kappa shape index (κ3) is 10.8. The molecule has 1 aromatic carbocycles. The number of hydrogen-bond acceptors (Lipinski definition) is 10. The number of amides is 1. The predicted octanol–water partition coefficient (Wildman–Crippen LogP) is 6.24. The monoisotopic (exact) mass is 628 g/mol. The number of nitrogens with one attached hydrogen (secondary N) is 1. The van der Waals surface area contributed by atoms with Crippen LogP contribution in [0, 0.1) is 0 Å². The minimum absolute atomic E-state index is 0.0440. The molecule has 3 N–H and O–H groups in total. The molecule has 4 aromatic rings. The van der Waals surface area contributed by atoms with Crippen LogP contribution in [0.25, 0.3) is 22.8 Å². The SMILES string of the molecule is CC(C)(C)OC(=O)NC(Cc1ccc(O)c(O)c1)C(=O)OCCCCCCOc1cc(-c2ccccn2)nc(-c2ccccn2)c1. The second-order valence-electron chi connectivity index (χ2n) is 11.7. The van der Waals surface area contributed by atoms with Crippen LogP contribution in [-0.4, -0.2) is 62.1 Å². The second-order valence-corrected chi connectivity index (χ2v) is 11.7. The highest BCUT2D eigenvalue weighted by atomic mass is 16.6. The smallest absolute Gasteiger partial charge is 0.408 e. The van der Waals surface area contributed by atoms with Gasteiger partial charge in [-0.2, -0.15) is 0 Å². The van der Waals surface area contributed by atoms with E-state index in [0.717, 1.165) is 30.7 Å². The molecule has 1 atom stereocenters. The van der Waals surface area contributed by atoms with Crippen molar-refractivity contribution in [3.8, 4) is 40.0 Å². The number of phenolic OH excluding ortho intramolecular Hbond substituents is 2. The Hall–Kier alpha value is -5.19. The Balaban J connectivity index is 1.25. The van der Waals surface area contributed by atoms with Gasteiger partial charge < -0.3 is 29.7 Å². The van der Waals surface area contributed by atoms with Crippen molar-refractivity contribution in [2.45, 2.75) is 64.5 Å². The quantitative estimate of drug-likeness (QED) is 0.0831. The predicted molar refractivity (Wildman–Crippen MR) is 172 cm³/mol. The van der Waals surface area contributed by atoms with Gasteiger partial charge in [0.05, 0.1) is 36.0 Å². The minimum atomic E-state index is -1.04. The van der Waals surface area contributed by atoms with Gasteiger partial charge in [0.25, 0.3) is 0 Å². The Morgan fingerprint density at radius 2 is 1.41 bits per heavy atom. The van der Waals surface area contributed by atoms with Gasteiger partial charge in [-0.05, 0) is 88.4 Å². The Morgan fingerprint density at radius 1 is 0.783 bits per heavy atom. The number of carbonyl (C=O) groups excluding carboxylic acids is 2. The lowest BCUT2D eigenvalue weighted by molar-refractivity contribution is -0.146. The number of nitrogens with zero attached hydrogens (tertiary/aromatic N) is 3. The first-order valence-corrected chi connectivity index (χ1v) is 15.2. The second kappa shape index (κ2) is 16.2. The number of alkyl carbamates (subject to hydrolysis) is 1. The standard InChI is InChI=1S/C35H40N4O7/c1-35(2,3)46-34(43)39-30(20-24-14-15-31(40)32(41)21-24)33(42)45-19-11-5-4-10-18-44-25-22-28(26-12-6-8-16-36-26)38-29(23-25)27-13-7-9-17-37-27/h6-9,12-17,21-23,30,40-41H,4-5,10-11,18-20H2,1-3H3,(H,39,43). The van der Waals surface area contributed by atoms with Crippen LogP contribution in [0.5, 0.6) is 17.2 Å². The van der Waals surface area contributed by atoms with Gasteiger partial charge >= 0.3 is 12.1 Å². The molecule has 11 nitrogen and oxygen atoms in total. The molecule has 0 fully saturated rings. The lowest BCUT2D eigenvalue weighted by Gasteiger charge is -2.23. The number of hydrogen-bond donors (Lipinski definition) is 3. The molecule has 1 amide bonds. The molecular weight excluding hydrogens is 588 g/mol. The van der Waals surface area contributed by atoms with Gasteiger partial charge in [-0.3, -0.25) is 9.97 Å². The number of benzene rings is 1. The van der Waals surface area contributed by atoms with Crippen molar-refractivity contribution in [3.63, 3.8) is 0 Å². The Labute approximate surface area is 268 Å². The zero-order chi connectivity index (χ0) is 32.9. The van der Waals surface area contributed by atoms with E-state index in [1.165, 1.54) is 12.1 Å². The molecule has 0 bridgehead atoms. The minimum Gasteiger partial charge on any atom is -0.504 e. The number of esters is 1.